The fourth-order valence-electron chi connectivity index (χ4n) is 2.85. The minimum Gasteiger partial charge on any atom is -0.297 e. The molecule has 2 aromatic heterocycles. The molecule has 0 radical (unpaired) electrons. The Balaban J connectivity index is 2.12. The Morgan fingerprint density at radius 3 is 2.52 bits per heavy atom. The average Bonchev–Trinajstić information content (AvgIpc) is 3.05. The number of rotatable bonds is 6. The van der Waals surface area contributed by atoms with E-state index >= 15 is 0 Å². The highest BCUT2D eigenvalue weighted by Gasteiger charge is 2.27. The molecule has 0 N–H and O–H groups in total. The molecular formula is C24H23N3O2S2. The van der Waals surface area contributed by atoms with Crippen LogP contribution in [0.2, 0.25) is 0 Å². The third-order valence-electron chi connectivity index (χ3n) is 4.44. The average molecular weight is 450 g/mol. The summed E-state index contributed by atoms with van der Waals surface area (Å²) in [5.74, 6) is 0.365. The van der Waals surface area contributed by atoms with Gasteiger partial charge in [0.05, 0.1) is 10.2 Å². The number of carbonyl (C=O) groups is 1. The minimum atomic E-state index is -0.723. The molecule has 3 aromatic rings. The number of Topliss-reactive ketones (excluding diaryl/α,β-unsaturated/α-hetero) is 1. The fraction of sp³-hybridized carbons (Fsp3) is 0.250. The van der Waals surface area contributed by atoms with Gasteiger partial charge in [-0.2, -0.15) is 5.26 Å². The van der Waals surface area contributed by atoms with Crippen molar-refractivity contribution in [1.82, 2.24) is 9.55 Å². The number of carbonyl (C=O) groups excluding carboxylic acids is 1. The number of ketones is 1. The SMILES string of the molecule is CC(C)(C)C(=O)/C(C#N)=c1\s/c(=C\c2ccccn2)c(=O)n1CCSc1ccccc1. The number of aromatic nitrogens is 2. The van der Waals surface area contributed by atoms with E-state index < -0.39 is 5.41 Å². The van der Waals surface area contributed by atoms with Gasteiger partial charge >= 0.3 is 0 Å². The van der Waals surface area contributed by atoms with Crippen molar-refractivity contribution in [2.45, 2.75) is 32.2 Å². The van der Waals surface area contributed by atoms with E-state index in [1.165, 1.54) is 11.3 Å². The first-order chi connectivity index (χ1) is 14.8. The lowest BCUT2D eigenvalue weighted by molar-refractivity contribution is -0.120. The van der Waals surface area contributed by atoms with E-state index in [4.69, 9.17) is 0 Å². The zero-order valence-electron chi connectivity index (χ0n) is 17.7. The number of nitrogens with zero attached hydrogens (tertiary/aromatic N) is 3. The van der Waals surface area contributed by atoms with E-state index in [1.54, 1.807) is 55.4 Å². The van der Waals surface area contributed by atoms with Crippen molar-refractivity contribution in [2.24, 2.45) is 5.41 Å². The topological polar surface area (TPSA) is 75.8 Å². The predicted octanol–water partition coefficient (Wildman–Crippen LogP) is 3.22. The van der Waals surface area contributed by atoms with Gasteiger partial charge in [-0.1, -0.05) is 45.0 Å². The first-order valence-electron chi connectivity index (χ1n) is 9.80. The number of nitriles is 1. The zero-order chi connectivity index (χ0) is 22.4. The summed E-state index contributed by atoms with van der Waals surface area (Å²) in [6.45, 7) is 5.71. The van der Waals surface area contributed by atoms with Crippen molar-refractivity contribution >= 4 is 40.5 Å². The van der Waals surface area contributed by atoms with Gasteiger partial charge in [-0.15, -0.1) is 23.1 Å². The maximum atomic E-state index is 13.2. The molecule has 0 spiro atoms. The molecule has 0 aliphatic carbocycles. The summed E-state index contributed by atoms with van der Waals surface area (Å²) >= 11 is 2.79. The fourth-order valence-corrected chi connectivity index (χ4v) is 4.82. The smallest absolute Gasteiger partial charge is 0.269 e. The number of hydrogen-bond acceptors (Lipinski definition) is 6. The molecule has 1 aromatic carbocycles. The molecule has 0 atom stereocenters. The van der Waals surface area contributed by atoms with E-state index in [0.717, 1.165) is 4.90 Å². The molecule has 0 bridgehead atoms. The van der Waals surface area contributed by atoms with Crippen LogP contribution in [-0.2, 0) is 11.3 Å². The lowest BCUT2D eigenvalue weighted by Gasteiger charge is -2.15. The Kier molecular flexibility index (Phi) is 7.26. The van der Waals surface area contributed by atoms with E-state index in [1.807, 2.05) is 42.5 Å². The van der Waals surface area contributed by atoms with Gasteiger partial charge in [0.25, 0.3) is 5.56 Å². The highest BCUT2D eigenvalue weighted by molar-refractivity contribution is 7.99. The van der Waals surface area contributed by atoms with E-state index in [0.29, 0.717) is 27.2 Å². The Morgan fingerprint density at radius 1 is 1.19 bits per heavy atom. The first kappa shape index (κ1) is 22.7. The maximum absolute atomic E-state index is 13.2. The van der Waals surface area contributed by atoms with Gasteiger partial charge in [0, 0.05) is 28.8 Å². The second-order valence-corrected chi connectivity index (χ2v) is 10.1. The van der Waals surface area contributed by atoms with Crippen LogP contribution in [0.15, 0.2) is 64.4 Å². The molecule has 0 unspecified atom stereocenters. The molecule has 0 saturated heterocycles. The standard InChI is InChI=1S/C24H23N3O2S2/c1-24(2,3)21(28)19(16-25)23-27(13-14-30-18-10-5-4-6-11-18)22(29)20(31-23)15-17-9-7-8-12-26-17/h4-12,15H,13-14H2,1-3H3/b20-15-,23-19-. The van der Waals surface area contributed by atoms with Gasteiger partial charge < -0.3 is 0 Å². The molecule has 31 heavy (non-hydrogen) atoms. The lowest BCUT2D eigenvalue weighted by Crippen LogP contribution is -2.35. The van der Waals surface area contributed by atoms with Crippen LogP contribution in [0.5, 0.6) is 0 Å². The van der Waals surface area contributed by atoms with Crippen molar-refractivity contribution in [2.75, 3.05) is 5.75 Å². The second kappa shape index (κ2) is 9.90. The molecule has 158 valence electrons. The molecule has 3 rings (SSSR count). The van der Waals surface area contributed by atoms with Gasteiger partial charge in [-0.25, -0.2) is 0 Å². The molecule has 2 heterocycles. The Hall–Kier alpha value is -2.95. The first-order valence-corrected chi connectivity index (χ1v) is 11.6. The van der Waals surface area contributed by atoms with Crippen LogP contribution in [0.25, 0.3) is 11.6 Å². The van der Waals surface area contributed by atoms with Crippen molar-refractivity contribution in [3.8, 4) is 6.07 Å². The lowest BCUT2D eigenvalue weighted by atomic mass is 9.87. The maximum Gasteiger partial charge on any atom is 0.269 e. The summed E-state index contributed by atoms with van der Waals surface area (Å²) in [6.07, 6.45) is 3.36. The van der Waals surface area contributed by atoms with Crippen molar-refractivity contribution in [3.63, 3.8) is 0 Å². The van der Waals surface area contributed by atoms with Crippen LogP contribution in [0, 0.1) is 16.7 Å². The van der Waals surface area contributed by atoms with Gasteiger partial charge in [-0.3, -0.25) is 19.1 Å². The Bertz CT molecular complexity index is 1280. The second-order valence-electron chi connectivity index (χ2n) is 7.85. The van der Waals surface area contributed by atoms with Gasteiger partial charge in [0.15, 0.2) is 5.78 Å². The summed E-state index contributed by atoms with van der Waals surface area (Å²) in [5, 5.41) is 9.79. The molecule has 0 aliphatic rings. The number of thiazole rings is 1. The normalized spacial score (nSPS) is 13.0. The summed E-state index contributed by atoms with van der Waals surface area (Å²) in [6, 6.07) is 17.4. The monoisotopic (exact) mass is 449 g/mol. The van der Waals surface area contributed by atoms with Crippen LogP contribution in [0.4, 0.5) is 0 Å². The molecule has 7 heteroatoms. The minimum absolute atomic E-state index is 0.0278. The molecule has 0 fully saturated rings. The zero-order valence-corrected chi connectivity index (χ0v) is 19.3. The van der Waals surface area contributed by atoms with Crippen molar-refractivity contribution in [3.05, 3.63) is 80.0 Å². The molecule has 0 saturated carbocycles. The largest absolute Gasteiger partial charge is 0.297 e. The van der Waals surface area contributed by atoms with Crippen LogP contribution in [0.1, 0.15) is 26.5 Å². The van der Waals surface area contributed by atoms with E-state index in [9.17, 15) is 14.9 Å². The summed E-state index contributed by atoms with van der Waals surface area (Å²) in [5.41, 5.74) is -0.257. The summed E-state index contributed by atoms with van der Waals surface area (Å²) in [7, 11) is 0. The molecule has 0 amide bonds. The number of hydrogen-bond donors (Lipinski definition) is 0. The van der Waals surface area contributed by atoms with Crippen LogP contribution < -0.4 is 14.8 Å². The van der Waals surface area contributed by atoms with Gasteiger partial charge in [0.1, 0.15) is 16.3 Å². The number of pyridine rings is 1. The van der Waals surface area contributed by atoms with E-state index in [2.05, 4.69) is 11.1 Å². The molecule has 5 nitrogen and oxygen atoms in total. The Labute approximate surface area is 189 Å². The van der Waals surface area contributed by atoms with Crippen molar-refractivity contribution in [1.29, 1.82) is 5.26 Å². The van der Waals surface area contributed by atoms with Crippen LogP contribution >= 0.6 is 23.1 Å². The highest BCUT2D eigenvalue weighted by atomic mass is 32.2. The highest BCUT2D eigenvalue weighted by Crippen LogP contribution is 2.20. The Morgan fingerprint density at radius 2 is 1.90 bits per heavy atom. The molecular weight excluding hydrogens is 426 g/mol. The summed E-state index contributed by atoms with van der Waals surface area (Å²) < 4.78 is 2.41. The molecule has 0 aliphatic heterocycles. The van der Waals surface area contributed by atoms with Gasteiger partial charge in [0.2, 0.25) is 0 Å². The summed E-state index contributed by atoms with van der Waals surface area (Å²) in [4.78, 5) is 31.5. The van der Waals surface area contributed by atoms with Crippen LogP contribution in [-0.4, -0.2) is 21.1 Å². The third-order valence-corrected chi connectivity index (χ3v) is 6.56. The predicted molar refractivity (Wildman–Crippen MR) is 126 cm³/mol. The third kappa shape index (κ3) is 5.60. The quantitative estimate of drug-likeness (QED) is 0.540. The van der Waals surface area contributed by atoms with Gasteiger partial charge in [-0.05, 0) is 30.3 Å². The van der Waals surface area contributed by atoms with Crippen LogP contribution in [0.3, 0.4) is 0 Å². The number of benzene rings is 1. The number of thioether (sulfide) groups is 1. The van der Waals surface area contributed by atoms with Crippen molar-refractivity contribution < 1.29 is 4.79 Å². The van der Waals surface area contributed by atoms with E-state index in [-0.39, 0.29) is 16.9 Å².